The van der Waals surface area contributed by atoms with E-state index in [1.54, 1.807) is 6.07 Å². The van der Waals surface area contributed by atoms with Gasteiger partial charge in [0.25, 0.3) is 0 Å². The second-order valence-electron chi connectivity index (χ2n) is 4.64. The van der Waals surface area contributed by atoms with Gasteiger partial charge in [-0.25, -0.2) is 9.97 Å². The van der Waals surface area contributed by atoms with E-state index in [2.05, 4.69) is 22.2 Å². The van der Waals surface area contributed by atoms with E-state index in [1.807, 2.05) is 26.0 Å². The second-order valence-corrected chi connectivity index (χ2v) is 5.49. The van der Waals surface area contributed by atoms with E-state index in [9.17, 15) is 0 Å². The van der Waals surface area contributed by atoms with Crippen molar-refractivity contribution in [2.75, 3.05) is 11.9 Å². The van der Waals surface area contributed by atoms with Gasteiger partial charge in [-0.3, -0.25) is 0 Å². The predicted molar refractivity (Wildman–Crippen MR) is 85.7 cm³/mol. The summed E-state index contributed by atoms with van der Waals surface area (Å²) in [6, 6.07) is 5.44. The highest BCUT2D eigenvalue weighted by Gasteiger charge is 2.13. The van der Waals surface area contributed by atoms with E-state index in [-0.39, 0.29) is 0 Å². The summed E-state index contributed by atoms with van der Waals surface area (Å²) in [5.74, 6) is 1.58. The Kier molecular flexibility index (Phi) is 4.84. The zero-order chi connectivity index (χ0) is 14.7. The van der Waals surface area contributed by atoms with Gasteiger partial charge in [-0.2, -0.15) is 0 Å². The molecule has 0 amide bonds. The largest absolute Gasteiger partial charge is 0.370 e. The van der Waals surface area contributed by atoms with Crippen molar-refractivity contribution >= 4 is 29.0 Å². The Bertz CT molecular complexity index is 627. The monoisotopic (exact) mass is 309 g/mol. The lowest BCUT2D eigenvalue weighted by Gasteiger charge is -2.13. The van der Waals surface area contributed by atoms with Crippen LogP contribution in [0.5, 0.6) is 0 Å². The van der Waals surface area contributed by atoms with Gasteiger partial charge in [-0.15, -0.1) is 0 Å². The number of hydrogen-bond acceptors (Lipinski definition) is 3. The van der Waals surface area contributed by atoms with Crippen LogP contribution in [-0.2, 0) is 0 Å². The van der Waals surface area contributed by atoms with Gasteiger partial charge in [-0.1, -0.05) is 30.1 Å². The molecular formula is C15H17Cl2N3. The molecule has 0 bridgehead atoms. The summed E-state index contributed by atoms with van der Waals surface area (Å²) < 4.78 is 0. The molecule has 0 saturated heterocycles. The van der Waals surface area contributed by atoms with Crippen molar-refractivity contribution in [3.63, 3.8) is 0 Å². The van der Waals surface area contributed by atoms with E-state index >= 15 is 0 Å². The number of aromatic nitrogens is 2. The molecule has 0 atom stereocenters. The van der Waals surface area contributed by atoms with E-state index < -0.39 is 0 Å². The summed E-state index contributed by atoms with van der Waals surface area (Å²) in [4.78, 5) is 8.98. The highest BCUT2D eigenvalue weighted by molar-refractivity contribution is 6.36. The Hall–Kier alpha value is -1.32. The maximum atomic E-state index is 6.28. The molecule has 0 aliphatic rings. The van der Waals surface area contributed by atoms with Crippen LogP contribution in [0.4, 0.5) is 5.82 Å². The average molecular weight is 310 g/mol. The third-order valence-corrected chi connectivity index (χ3v) is 3.53. The van der Waals surface area contributed by atoms with Crippen LogP contribution in [0.15, 0.2) is 18.2 Å². The molecular weight excluding hydrogens is 293 g/mol. The van der Waals surface area contributed by atoms with Crippen LogP contribution >= 0.6 is 23.2 Å². The Morgan fingerprint density at radius 3 is 2.55 bits per heavy atom. The molecule has 1 aromatic carbocycles. The summed E-state index contributed by atoms with van der Waals surface area (Å²) in [5.41, 5.74) is 2.71. The molecule has 20 heavy (non-hydrogen) atoms. The van der Waals surface area contributed by atoms with Crippen molar-refractivity contribution in [1.82, 2.24) is 9.97 Å². The fourth-order valence-electron chi connectivity index (χ4n) is 1.99. The van der Waals surface area contributed by atoms with E-state index in [4.69, 9.17) is 23.2 Å². The normalized spacial score (nSPS) is 10.7. The minimum atomic E-state index is 0.597. The first-order valence-electron chi connectivity index (χ1n) is 6.57. The standard InChI is InChI=1S/C15H17Cl2N3/c1-4-7-18-15-9(2)14(19-10(3)20-15)12-6-5-11(16)8-13(12)17/h5-6,8H,4,7H2,1-3H3,(H,18,19,20). The van der Waals surface area contributed by atoms with Gasteiger partial charge in [0, 0.05) is 22.7 Å². The fraction of sp³-hybridized carbons (Fsp3) is 0.333. The second kappa shape index (κ2) is 6.42. The Morgan fingerprint density at radius 1 is 1.15 bits per heavy atom. The zero-order valence-electron chi connectivity index (χ0n) is 11.8. The van der Waals surface area contributed by atoms with Crippen LogP contribution < -0.4 is 5.32 Å². The van der Waals surface area contributed by atoms with Crippen LogP contribution in [0.3, 0.4) is 0 Å². The topological polar surface area (TPSA) is 37.8 Å². The van der Waals surface area contributed by atoms with Crippen LogP contribution in [0.1, 0.15) is 24.7 Å². The van der Waals surface area contributed by atoms with E-state index in [0.717, 1.165) is 41.4 Å². The summed E-state index contributed by atoms with van der Waals surface area (Å²) in [5, 5.41) is 4.54. The lowest BCUT2D eigenvalue weighted by atomic mass is 10.1. The Morgan fingerprint density at radius 2 is 1.90 bits per heavy atom. The van der Waals surface area contributed by atoms with Gasteiger partial charge in [0.1, 0.15) is 11.6 Å². The average Bonchev–Trinajstić information content (AvgIpc) is 2.40. The number of nitrogens with one attached hydrogen (secondary N) is 1. The smallest absolute Gasteiger partial charge is 0.133 e. The van der Waals surface area contributed by atoms with Gasteiger partial charge in [0.15, 0.2) is 0 Å². The number of benzene rings is 1. The van der Waals surface area contributed by atoms with Crippen LogP contribution in [0, 0.1) is 13.8 Å². The summed E-state index contributed by atoms with van der Waals surface area (Å²) >= 11 is 12.2. The summed E-state index contributed by atoms with van der Waals surface area (Å²) in [6.07, 6.45) is 1.04. The first kappa shape index (κ1) is 15.1. The first-order chi connectivity index (χ1) is 9.52. The van der Waals surface area contributed by atoms with Crippen molar-refractivity contribution in [3.8, 4) is 11.3 Å². The third-order valence-electron chi connectivity index (χ3n) is 2.99. The number of rotatable bonds is 4. The zero-order valence-corrected chi connectivity index (χ0v) is 13.3. The molecule has 1 heterocycles. The van der Waals surface area contributed by atoms with Gasteiger partial charge >= 0.3 is 0 Å². The number of aryl methyl sites for hydroxylation is 1. The van der Waals surface area contributed by atoms with Crippen LogP contribution in [-0.4, -0.2) is 16.5 Å². The molecule has 0 unspecified atom stereocenters. The predicted octanol–water partition coefficient (Wildman–Crippen LogP) is 4.89. The van der Waals surface area contributed by atoms with Gasteiger partial charge < -0.3 is 5.32 Å². The van der Waals surface area contributed by atoms with Crippen LogP contribution in [0.2, 0.25) is 10.0 Å². The molecule has 2 rings (SSSR count). The van der Waals surface area contributed by atoms with Crippen molar-refractivity contribution in [3.05, 3.63) is 39.6 Å². The first-order valence-corrected chi connectivity index (χ1v) is 7.33. The van der Waals surface area contributed by atoms with Gasteiger partial charge in [-0.05, 0) is 38.5 Å². The number of nitrogens with zero attached hydrogens (tertiary/aromatic N) is 2. The highest BCUT2D eigenvalue weighted by atomic mass is 35.5. The lowest BCUT2D eigenvalue weighted by molar-refractivity contribution is 0.948. The Labute approximate surface area is 129 Å². The molecule has 0 aliphatic heterocycles. The highest BCUT2D eigenvalue weighted by Crippen LogP contribution is 2.33. The van der Waals surface area contributed by atoms with E-state index in [0.29, 0.717) is 10.0 Å². The molecule has 0 spiro atoms. The molecule has 0 radical (unpaired) electrons. The minimum Gasteiger partial charge on any atom is -0.370 e. The van der Waals surface area contributed by atoms with Crippen LogP contribution in [0.25, 0.3) is 11.3 Å². The maximum absolute atomic E-state index is 6.28. The molecule has 0 fully saturated rings. The van der Waals surface area contributed by atoms with E-state index in [1.165, 1.54) is 0 Å². The lowest BCUT2D eigenvalue weighted by Crippen LogP contribution is -2.07. The Balaban J connectivity index is 2.53. The number of halogens is 2. The molecule has 0 aliphatic carbocycles. The minimum absolute atomic E-state index is 0.597. The molecule has 1 N–H and O–H groups in total. The maximum Gasteiger partial charge on any atom is 0.133 e. The fourth-order valence-corrected chi connectivity index (χ4v) is 2.49. The molecule has 1 aromatic heterocycles. The molecule has 106 valence electrons. The molecule has 5 heteroatoms. The molecule has 2 aromatic rings. The number of hydrogen-bond donors (Lipinski definition) is 1. The van der Waals surface area contributed by atoms with Crippen molar-refractivity contribution in [2.24, 2.45) is 0 Å². The molecule has 0 saturated carbocycles. The van der Waals surface area contributed by atoms with Crippen molar-refractivity contribution in [1.29, 1.82) is 0 Å². The van der Waals surface area contributed by atoms with Gasteiger partial charge in [0.2, 0.25) is 0 Å². The molecule has 3 nitrogen and oxygen atoms in total. The number of anilines is 1. The van der Waals surface area contributed by atoms with Crippen molar-refractivity contribution in [2.45, 2.75) is 27.2 Å². The summed E-state index contributed by atoms with van der Waals surface area (Å²) in [6.45, 7) is 6.88. The summed E-state index contributed by atoms with van der Waals surface area (Å²) in [7, 11) is 0. The SMILES string of the molecule is CCCNc1nc(C)nc(-c2ccc(Cl)cc2Cl)c1C. The third kappa shape index (κ3) is 3.22. The van der Waals surface area contributed by atoms with Crippen molar-refractivity contribution < 1.29 is 0 Å². The quantitative estimate of drug-likeness (QED) is 0.873. The van der Waals surface area contributed by atoms with Gasteiger partial charge in [0.05, 0.1) is 10.7 Å².